The number of pyridine rings is 1. The van der Waals surface area contributed by atoms with Crippen molar-refractivity contribution in [2.45, 2.75) is 0 Å². The average molecular weight is 281 g/mol. The van der Waals surface area contributed by atoms with Crippen molar-refractivity contribution >= 4 is 27.5 Å². The molecule has 4 nitrogen and oxygen atoms in total. The number of para-hydroxylation sites is 2. The molecular weight excluding hydrogens is 262 g/mol. The summed E-state index contributed by atoms with van der Waals surface area (Å²) in [5, 5.41) is 17.7. The van der Waals surface area contributed by atoms with E-state index in [-0.39, 0.29) is 6.61 Å². The topological polar surface area (TPSA) is 57.2 Å². The number of aliphatic hydroxyl groups excluding tert-OH is 1. The zero-order chi connectivity index (χ0) is 14.5. The lowest BCUT2D eigenvalue weighted by Gasteiger charge is -2.13. The second-order valence-electron chi connectivity index (χ2n) is 4.92. The Kier molecular flexibility index (Phi) is 4.28. The summed E-state index contributed by atoms with van der Waals surface area (Å²) in [7, 11) is 0. The molecule has 108 valence electrons. The fourth-order valence-corrected chi connectivity index (χ4v) is 2.51. The van der Waals surface area contributed by atoms with Crippen molar-refractivity contribution in [3.8, 4) is 0 Å². The van der Waals surface area contributed by atoms with E-state index in [2.05, 4.69) is 22.8 Å². The van der Waals surface area contributed by atoms with E-state index in [0.29, 0.717) is 6.54 Å². The normalized spacial score (nSPS) is 11.1. The van der Waals surface area contributed by atoms with Crippen LogP contribution in [0.4, 0.5) is 5.69 Å². The van der Waals surface area contributed by atoms with Gasteiger partial charge in [-0.15, -0.1) is 0 Å². The lowest BCUT2D eigenvalue weighted by molar-refractivity contribution is 0.293. The molecule has 0 fully saturated rings. The monoisotopic (exact) mass is 281 g/mol. The number of nitrogens with zero attached hydrogens (tertiary/aromatic N) is 1. The van der Waals surface area contributed by atoms with Crippen molar-refractivity contribution in [2.24, 2.45) is 0 Å². The predicted molar refractivity (Wildman–Crippen MR) is 87.7 cm³/mol. The van der Waals surface area contributed by atoms with Crippen LogP contribution in [0.5, 0.6) is 0 Å². The largest absolute Gasteiger partial charge is 0.395 e. The molecular formula is C17H19N3O. The highest BCUT2D eigenvalue weighted by atomic mass is 16.3. The van der Waals surface area contributed by atoms with Gasteiger partial charge in [-0.05, 0) is 12.1 Å². The first-order chi connectivity index (χ1) is 10.4. The third-order valence-electron chi connectivity index (χ3n) is 3.48. The summed E-state index contributed by atoms with van der Waals surface area (Å²) in [6.45, 7) is 2.41. The Morgan fingerprint density at radius 1 is 0.810 bits per heavy atom. The summed E-state index contributed by atoms with van der Waals surface area (Å²) in [4.78, 5) is 4.71. The molecule has 0 aliphatic heterocycles. The van der Waals surface area contributed by atoms with E-state index in [4.69, 9.17) is 10.1 Å². The van der Waals surface area contributed by atoms with Gasteiger partial charge in [-0.25, -0.2) is 4.98 Å². The number of benzene rings is 2. The van der Waals surface area contributed by atoms with Crippen LogP contribution in [0.15, 0.2) is 48.5 Å². The van der Waals surface area contributed by atoms with E-state index in [1.165, 1.54) is 0 Å². The number of rotatable bonds is 6. The SMILES string of the molecule is OCCNCCNc1c2ccccc2nc2ccccc12. The quantitative estimate of drug-likeness (QED) is 0.479. The summed E-state index contributed by atoms with van der Waals surface area (Å²) in [6, 6.07) is 16.4. The molecule has 3 aromatic rings. The zero-order valence-corrected chi connectivity index (χ0v) is 11.8. The van der Waals surface area contributed by atoms with Crippen molar-refractivity contribution in [1.29, 1.82) is 0 Å². The van der Waals surface area contributed by atoms with Gasteiger partial charge in [0.15, 0.2) is 0 Å². The predicted octanol–water partition coefficient (Wildman–Crippen LogP) is 2.38. The van der Waals surface area contributed by atoms with E-state index in [1.54, 1.807) is 0 Å². The van der Waals surface area contributed by atoms with Crippen molar-refractivity contribution in [2.75, 3.05) is 31.6 Å². The molecule has 2 aromatic carbocycles. The van der Waals surface area contributed by atoms with Gasteiger partial charge in [-0.1, -0.05) is 36.4 Å². The third kappa shape index (κ3) is 2.96. The molecule has 21 heavy (non-hydrogen) atoms. The summed E-state index contributed by atoms with van der Waals surface area (Å²) in [6.07, 6.45) is 0. The van der Waals surface area contributed by atoms with E-state index in [0.717, 1.165) is 40.6 Å². The number of hydrogen-bond donors (Lipinski definition) is 3. The highest BCUT2D eigenvalue weighted by Gasteiger charge is 2.07. The first-order valence-electron chi connectivity index (χ1n) is 7.23. The van der Waals surface area contributed by atoms with Gasteiger partial charge in [0.2, 0.25) is 0 Å². The number of nitrogens with one attached hydrogen (secondary N) is 2. The molecule has 0 saturated heterocycles. The van der Waals surface area contributed by atoms with Crippen LogP contribution in [-0.2, 0) is 0 Å². The molecule has 0 radical (unpaired) electrons. The van der Waals surface area contributed by atoms with Crippen LogP contribution in [0.3, 0.4) is 0 Å². The Balaban J connectivity index is 1.96. The first-order valence-corrected chi connectivity index (χ1v) is 7.23. The second-order valence-corrected chi connectivity index (χ2v) is 4.92. The molecule has 3 N–H and O–H groups in total. The molecule has 0 amide bonds. The first kappa shape index (κ1) is 13.8. The van der Waals surface area contributed by atoms with Gasteiger partial charge in [0.1, 0.15) is 0 Å². The van der Waals surface area contributed by atoms with Crippen LogP contribution >= 0.6 is 0 Å². The minimum atomic E-state index is 0.168. The van der Waals surface area contributed by atoms with Crippen molar-refractivity contribution in [3.63, 3.8) is 0 Å². The number of aliphatic hydroxyl groups is 1. The maximum atomic E-state index is 8.77. The van der Waals surface area contributed by atoms with Crippen LogP contribution in [0.25, 0.3) is 21.8 Å². The molecule has 0 spiro atoms. The molecule has 4 heteroatoms. The van der Waals surface area contributed by atoms with Crippen molar-refractivity contribution < 1.29 is 5.11 Å². The van der Waals surface area contributed by atoms with Gasteiger partial charge in [0.05, 0.1) is 23.3 Å². The fraction of sp³-hybridized carbons (Fsp3) is 0.235. The summed E-state index contributed by atoms with van der Waals surface area (Å²) >= 11 is 0. The molecule has 0 aliphatic carbocycles. The zero-order valence-electron chi connectivity index (χ0n) is 11.8. The summed E-state index contributed by atoms with van der Waals surface area (Å²) in [5.41, 5.74) is 3.13. The Morgan fingerprint density at radius 3 is 2.05 bits per heavy atom. The number of hydrogen-bond acceptors (Lipinski definition) is 4. The molecule has 1 aromatic heterocycles. The minimum absolute atomic E-state index is 0.168. The standard InChI is InChI=1S/C17H19N3O/c21-12-11-18-9-10-19-17-13-5-1-3-7-15(13)20-16-8-4-2-6-14(16)17/h1-8,18,21H,9-12H2,(H,19,20). The summed E-state index contributed by atoms with van der Waals surface area (Å²) < 4.78 is 0. The average Bonchev–Trinajstić information content (AvgIpc) is 2.53. The smallest absolute Gasteiger partial charge is 0.0730 e. The maximum Gasteiger partial charge on any atom is 0.0730 e. The van der Waals surface area contributed by atoms with Crippen molar-refractivity contribution in [3.05, 3.63) is 48.5 Å². The van der Waals surface area contributed by atoms with Gasteiger partial charge in [-0.3, -0.25) is 0 Å². The van der Waals surface area contributed by atoms with Crippen LogP contribution in [0.1, 0.15) is 0 Å². The van der Waals surface area contributed by atoms with E-state index < -0.39 is 0 Å². The van der Waals surface area contributed by atoms with Crippen LogP contribution < -0.4 is 10.6 Å². The van der Waals surface area contributed by atoms with Crippen LogP contribution in [-0.4, -0.2) is 36.3 Å². The van der Waals surface area contributed by atoms with Gasteiger partial charge in [-0.2, -0.15) is 0 Å². The Labute approximate surface area is 123 Å². The third-order valence-corrected chi connectivity index (χ3v) is 3.48. The van der Waals surface area contributed by atoms with E-state index >= 15 is 0 Å². The lowest BCUT2D eigenvalue weighted by atomic mass is 10.1. The van der Waals surface area contributed by atoms with E-state index in [1.807, 2.05) is 36.4 Å². The number of anilines is 1. The van der Waals surface area contributed by atoms with Crippen molar-refractivity contribution in [1.82, 2.24) is 10.3 Å². The fourth-order valence-electron chi connectivity index (χ4n) is 2.51. The molecule has 0 atom stereocenters. The lowest BCUT2D eigenvalue weighted by Crippen LogP contribution is -2.25. The highest BCUT2D eigenvalue weighted by molar-refractivity contribution is 6.07. The number of aromatic nitrogens is 1. The highest BCUT2D eigenvalue weighted by Crippen LogP contribution is 2.30. The molecule has 0 bridgehead atoms. The Morgan fingerprint density at radius 2 is 1.43 bits per heavy atom. The summed E-state index contributed by atoms with van der Waals surface area (Å²) in [5.74, 6) is 0. The van der Waals surface area contributed by atoms with Crippen LogP contribution in [0, 0.1) is 0 Å². The molecule has 1 heterocycles. The number of fused-ring (bicyclic) bond motifs is 2. The molecule has 0 saturated carbocycles. The second kappa shape index (κ2) is 6.52. The Hall–Kier alpha value is -2.17. The van der Waals surface area contributed by atoms with Gasteiger partial charge >= 0.3 is 0 Å². The molecule has 0 aliphatic rings. The molecule has 0 unspecified atom stereocenters. The van der Waals surface area contributed by atoms with E-state index in [9.17, 15) is 0 Å². The van der Waals surface area contributed by atoms with Gasteiger partial charge in [0, 0.05) is 30.4 Å². The van der Waals surface area contributed by atoms with Gasteiger partial charge < -0.3 is 15.7 Å². The van der Waals surface area contributed by atoms with Gasteiger partial charge in [0.25, 0.3) is 0 Å². The molecule has 3 rings (SSSR count). The van der Waals surface area contributed by atoms with Crippen LogP contribution in [0.2, 0.25) is 0 Å². The minimum Gasteiger partial charge on any atom is -0.395 e. The Bertz CT molecular complexity index is 688. The maximum absolute atomic E-state index is 8.77.